The van der Waals surface area contributed by atoms with E-state index in [0.29, 0.717) is 52.4 Å². The zero-order valence-electron chi connectivity index (χ0n) is 19.7. The van der Waals surface area contributed by atoms with Crippen molar-refractivity contribution in [3.63, 3.8) is 0 Å². The van der Waals surface area contributed by atoms with Crippen molar-refractivity contribution in [1.82, 2.24) is 24.9 Å². The largest absolute Gasteiger partial charge is 0.480 e. The second-order valence-corrected chi connectivity index (χ2v) is 8.32. The lowest BCUT2D eigenvalue weighted by atomic mass is 10.3. The van der Waals surface area contributed by atoms with E-state index in [1.807, 2.05) is 14.7 Å². The van der Waals surface area contributed by atoms with Crippen molar-refractivity contribution >= 4 is 41.6 Å². The first-order valence-corrected chi connectivity index (χ1v) is 11.3. The van der Waals surface area contributed by atoms with Crippen LogP contribution in [0.4, 0.5) is 0 Å². The number of methoxy groups -OCH3 is 2. The molecule has 1 saturated heterocycles. The van der Waals surface area contributed by atoms with Crippen LogP contribution in [0.15, 0.2) is 0 Å². The average Bonchev–Trinajstić information content (AvgIpc) is 2.78. The molecule has 34 heavy (non-hydrogen) atoms. The maximum atomic E-state index is 12.3. The second-order valence-electron chi connectivity index (χ2n) is 7.82. The molecule has 0 unspecified atom stereocenters. The predicted molar refractivity (Wildman–Crippen MR) is 124 cm³/mol. The first kappa shape index (κ1) is 29.8. The van der Waals surface area contributed by atoms with Gasteiger partial charge in [-0.2, -0.15) is 0 Å². The molecule has 1 fully saturated rings. The van der Waals surface area contributed by atoms with Crippen LogP contribution in [0.25, 0.3) is 0 Å². The summed E-state index contributed by atoms with van der Waals surface area (Å²) in [6.07, 6.45) is 0. The molecule has 0 aromatic heterocycles. The number of thiol groups is 1. The number of carboxylic acid groups (broad SMARTS) is 1. The molecule has 0 saturated carbocycles. The molecular weight excluding hydrogens is 470 g/mol. The van der Waals surface area contributed by atoms with E-state index in [-0.39, 0.29) is 38.6 Å². The molecule has 1 aliphatic heterocycles. The van der Waals surface area contributed by atoms with Crippen LogP contribution in [0.2, 0.25) is 0 Å². The Kier molecular flexibility index (Phi) is 14.3. The number of hydrogen-bond acceptors (Lipinski definition) is 11. The summed E-state index contributed by atoms with van der Waals surface area (Å²) in [6, 6.07) is 0. The van der Waals surface area contributed by atoms with E-state index in [0.717, 1.165) is 0 Å². The smallest absolute Gasteiger partial charge is 0.319 e. The van der Waals surface area contributed by atoms with Gasteiger partial charge in [0.2, 0.25) is 11.0 Å². The Balaban J connectivity index is 2.98. The molecule has 2 N–H and O–H groups in total. The molecule has 0 aromatic carbocycles. The number of carbonyl (C=O) groups excluding carboxylic acids is 4. The van der Waals surface area contributed by atoms with Crippen molar-refractivity contribution in [2.45, 2.75) is 0 Å². The molecule has 0 atom stereocenters. The van der Waals surface area contributed by atoms with Crippen LogP contribution >= 0.6 is 12.6 Å². The predicted octanol–water partition coefficient (Wildman–Crippen LogP) is -2.79. The summed E-state index contributed by atoms with van der Waals surface area (Å²) in [5.74, 6) is -2.15. The van der Waals surface area contributed by atoms with Crippen molar-refractivity contribution < 1.29 is 38.6 Å². The molecule has 13 nitrogen and oxygen atoms in total. The maximum Gasteiger partial charge on any atom is 0.319 e. The van der Waals surface area contributed by atoms with Gasteiger partial charge < -0.3 is 19.9 Å². The Bertz CT molecular complexity index is 676. The topological polar surface area (TPSA) is 149 Å². The zero-order valence-corrected chi connectivity index (χ0v) is 20.6. The normalized spacial score (nSPS) is 17.7. The monoisotopic (exact) mass is 505 g/mol. The summed E-state index contributed by atoms with van der Waals surface area (Å²) in [7, 11) is 2.59. The number of esters is 2. The van der Waals surface area contributed by atoms with Crippen LogP contribution in [0.3, 0.4) is 0 Å². The highest BCUT2D eigenvalue weighted by atomic mass is 32.1. The number of nitrogens with one attached hydrogen (secondary N) is 1. The second kappa shape index (κ2) is 16.4. The van der Waals surface area contributed by atoms with Crippen LogP contribution in [-0.4, -0.2) is 153 Å². The average molecular weight is 506 g/mol. The van der Waals surface area contributed by atoms with Crippen molar-refractivity contribution in [3.05, 3.63) is 0 Å². The molecule has 1 amide bonds. The third kappa shape index (κ3) is 13.4. The number of ether oxygens (including phenoxy) is 2. The first-order chi connectivity index (χ1) is 16.1. The number of aliphatic carboxylic acids is 1. The summed E-state index contributed by atoms with van der Waals surface area (Å²) in [5, 5.41) is 11.3. The van der Waals surface area contributed by atoms with Gasteiger partial charge in [-0.15, -0.1) is 12.6 Å². The lowest BCUT2D eigenvalue weighted by Gasteiger charge is -2.33. The molecular formula is C20H35N5O8S. The number of carbonyl (C=O) groups is 5. The Morgan fingerprint density at radius 2 is 1.06 bits per heavy atom. The SMILES string of the molecule is COC(=O)CN1CCN(CC(=O)O)CCN(CC(=O)OC)CCN(CC(=O)NCC(=O)S)CC1. The van der Waals surface area contributed by atoms with Gasteiger partial charge in [-0.25, -0.2) is 0 Å². The fraction of sp³-hybridized carbons (Fsp3) is 0.750. The van der Waals surface area contributed by atoms with Gasteiger partial charge in [0.25, 0.3) is 0 Å². The van der Waals surface area contributed by atoms with E-state index >= 15 is 0 Å². The van der Waals surface area contributed by atoms with Crippen molar-refractivity contribution in [1.29, 1.82) is 0 Å². The van der Waals surface area contributed by atoms with Gasteiger partial charge in [0.15, 0.2) is 0 Å². The van der Waals surface area contributed by atoms with E-state index in [4.69, 9.17) is 9.47 Å². The molecule has 0 spiro atoms. The van der Waals surface area contributed by atoms with Crippen LogP contribution < -0.4 is 5.32 Å². The Morgan fingerprint density at radius 1 is 0.706 bits per heavy atom. The minimum absolute atomic E-state index is 0.0182. The number of carboxylic acids is 1. The Morgan fingerprint density at radius 3 is 1.38 bits per heavy atom. The van der Waals surface area contributed by atoms with Crippen LogP contribution in [0.1, 0.15) is 0 Å². The molecule has 14 heteroatoms. The van der Waals surface area contributed by atoms with Gasteiger partial charge in [0, 0.05) is 52.4 Å². The molecule has 1 aliphatic rings. The van der Waals surface area contributed by atoms with Gasteiger partial charge in [-0.1, -0.05) is 0 Å². The third-order valence-electron chi connectivity index (χ3n) is 5.25. The summed E-state index contributed by atoms with van der Waals surface area (Å²) in [6.45, 7) is 3.00. The molecule has 1 heterocycles. The summed E-state index contributed by atoms with van der Waals surface area (Å²) >= 11 is 3.64. The number of nitrogens with zero attached hydrogens (tertiary/aromatic N) is 4. The minimum Gasteiger partial charge on any atom is -0.480 e. The highest BCUT2D eigenvalue weighted by Gasteiger charge is 2.21. The van der Waals surface area contributed by atoms with E-state index in [9.17, 15) is 29.1 Å². The van der Waals surface area contributed by atoms with Crippen LogP contribution in [0, 0.1) is 0 Å². The number of hydrogen-bond donors (Lipinski definition) is 3. The van der Waals surface area contributed by atoms with Gasteiger partial charge >= 0.3 is 17.9 Å². The number of rotatable bonds is 10. The highest BCUT2D eigenvalue weighted by molar-refractivity contribution is 7.96. The van der Waals surface area contributed by atoms with Crippen LogP contribution in [-0.2, 0) is 33.4 Å². The minimum atomic E-state index is -0.969. The van der Waals surface area contributed by atoms with Crippen LogP contribution in [0.5, 0.6) is 0 Å². The van der Waals surface area contributed by atoms with E-state index < -0.39 is 23.0 Å². The van der Waals surface area contributed by atoms with E-state index in [1.54, 1.807) is 4.90 Å². The first-order valence-electron chi connectivity index (χ1n) is 10.9. The lowest BCUT2D eigenvalue weighted by Crippen LogP contribution is -2.50. The molecule has 194 valence electrons. The quantitative estimate of drug-likeness (QED) is 0.208. The van der Waals surface area contributed by atoms with Crippen molar-refractivity contribution in [2.24, 2.45) is 0 Å². The summed E-state index contributed by atoms with van der Waals surface area (Å²) < 4.78 is 9.54. The fourth-order valence-electron chi connectivity index (χ4n) is 3.33. The third-order valence-corrected chi connectivity index (χ3v) is 5.41. The molecule has 0 bridgehead atoms. The van der Waals surface area contributed by atoms with Crippen molar-refractivity contribution in [3.8, 4) is 0 Å². The summed E-state index contributed by atoms with van der Waals surface area (Å²) in [5.41, 5.74) is 0. The number of amides is 1. The van der Waals surface area contributed by atoms with Gasteiger partial charge in [-0.3, -0.25) is 43.6 Å². The molecule has 0 aromatic rings. The molecule has 0 aliphatic carbocycles. The Labute approximate surface area is 204 Å². The standard InChI is InChI=1S/C20H35N5O8S/c1-32-18(29)14-24-7-3-22(12-16(26)21-11-20(31)34)4-8-25(15-19(30)33-2)10-6-23(5-9-24)13-17(27)28/h3-15H2,1-2H3,(H,21,26)(H,27,28)(H,31,34). The van der Waals surface area contributed by atoms with Gasteiger partial charge in [0.1, 0.15) is 0 Å². The molecule has 1 rings (SSSR count). The van der Waals surface area contributed by atoms with E-state index in [2.05, 4.69) is 17.9 Å². The fourth-order valence-corrected chi connectivity index (χ4v) is 3.41. The van der Waals surface area contributed by atoms with Gasteiger partial charge in [-0.05, 0) is 0 Å². The highest BCUT2D eigenvalue weighted by Crippen LogP contribution is 2.02. The lowest BCUT2D eigenvalue weighted by molar-refractivity contribution is -0.143. The maximum absolute atomic E-state index is 12.3. The Hall–Kier alpha value is -2.26. The van der Waals surface area contributed by atoms with Gasteiger partial charge in [0.05, 0.1) is 46.9 Å². The zero-order chi connectivity index (χ0) is 25.5. The van der Waals surface area contributed by atoms with E-state index in [1.165, 1.54) is 14.2 Å². The van der Waals surface area contributed by atoms with Crippen molar-refractivity contribution in [2.75, 3.05) is 99.3 Å². The summed E-state index contributed by atoms with van der Waals surface area (Å²) in [4.78, 5) is 65.6. The molecule has 0 radical (unpaired) electrons.